The lowest BCUT2D eigenvalue weighted by Crippen LogP contribution is -2.33. The highest BCUT2D eigenvalue weighted by Gasteiger charge is 2.29. The van der Waals surface area contributed by atoms with E-state index in [2.05, 4.69) is 58.7 Å². The summed E-state index contributed by atoms with van der Waals surface area (Å²) >= 11 is 0. The average molecular weight is 286 g/mol. The number of rotatable bonds is 9. The Balaban J connectivity index is 4.57. The van der Waals surface area contributed by atoms with Gasteiger partial charge in [-0.25, -0.2) is 0 Å². The van der Waals surface area contributed by atoms with Crippen LogP contribution < -0.4 is 0 Å². The highest BCUT2D eigenvalue weighted by molar-refractivity contribution is 4.87. The first-order valence-electron chi connectivity index (χ1n) is 7.53. The first-order chi connectivity index (χ1) is 8.93. The van der Waals surface area contributed by atoms with Gasteiger partial charge < -0.3 is 9.84 Å². The van der Waals surface area contributed by atoms with Crippen molar-refractivity contribution in [3.05, 3.63) is 0 Å². The van der Waals surface area contributed by atoms with Crippen LogP contribution in [0.15, 0.2) is 10.2 Å². The maximum absolute atomic E-state index is 9.08. The Hall–Kier alpha value is -0.480. The van der Waals surface area contributed by atoms with Gasteiger partial charge >= 0.3 is 0 Å². The summed E-state index contributed by atoms with van der Waals surface area (Å²) in [4.78, 5) is 0. The van der Waals surface area contributed by atoms with E-state index >= 15 is 0 Å². The molecule has 0 aromatic rings. The molecule has 1 N–H and O–H groups in total. The molecular formula is C16H34N2O2. The van der Waals surface area contributed by atoms with Gasteiger partial charge in [-0.3, -0.25) is 0 Å². The molecule has 0 radical (unpaired) electrons. The summed E-state index contributed by atoms with van der Waals surface area (Å²) in [5.41, 5.74) is -0.616. The van der Waals surface area contributed by atoms with Crippen LogP contribution in [0.3, 0.4) is 0 Å². The van der Waals surface area contributed by atoms with Crippen LogP contribution in [0.1, 0.15) is 67.7 Å². The van der Waals surface area contributed by atoms with Crippen molar-refractivity contribution in [1.29, 1.82) is 0 Å². The maximum Gasteiger partial charge on any atom is 0.0787 e. The van der Waals surface area contributed by atoms with E-state index in [0.717, 1.165) is 19.3 Å². The average Bonchev–Trinajstić information content (AvgIpc) is 2.33. The predicted molar refractivity (Wildman–Crippen MR) is 84.2 cm³/mol. The number of ether oxygens (including phenoxy) is 1. The molecule has 0 aromatic heterocycles. The molecule has 0 aliphatic rings. The summed E-state index contributed by atoms with van der Waals surface area (Å²) in [6.45, 7) is 14.8. The number of azo groups is 1. The minimum Gasteiger partial charge on any atom is -0.396 e. The molecule has 4 nitrogen and oxygen atoms in total. The first kappa shape index (κ1) is 19.5. The van der Waals surface area contributed by atoms with E-state index in [4.69, 9.17) is 9.84 Å². The van der Waals surface area contributed by atoms with Crippen LogP contribution in [0.4, 0.5) is 0 Å². The summed E-state index contributed by atoms with van der Waals surface area (Å²) in [5.74, 6) is 0.324. The second kappa shape index (κ2) is 7.51. The van der Waals surface area contributed by atoms with Gasteiger partial charge in [-0.05, 0) is 60.3 Å². The monoisotopic (exact) mass is 286 g/mol. The largest absolute Gasteiger partial charge is 0.396 e. The molecule has 0 spiro atoms. The van der Waals surface area contributed by atoms with Crippen LogP contribution in [-0.2, 0) is 4.74 Å². The van der Waals surface area contributed by atoms with E-state index < -0.39 is 0 Å². The molecule has 0 saturated carbocycles. The lowest BCUT2D eigenvalue weighted by atomic mass is 9.90. The van der Waals surface area contributed by atoms with E-state index in [1.165, 1.54) is 0 Å². The zero-order valence-corrected chi connectivity index (χ0v) is 14.7. The van der Waals surface area contributed by atoms with Crippen molar-refractivity contribution < 1.29 is 9.84 Å². The van der Waals surface area contributed by atoms with Crippen molar-refractivity contribution in [1.82, 2.24) is 0 Å². The highest BCUT2D eigenvalue weighted by atomic mass is 16.5. The van der Waals surface area contributed by atoms with Crippen molar-refractivity contribution in [3.8, 4) is 0 Å². The summed E-state index contributed by atoms with van der Waals surface area (Å²) < 4.78 is 5.47. The van der Waals surface area contributed by atoms with Crippen LogP contribution in [0.25, 0.3) is 0 Å². The lowest BCUT2D eigenvalue weighted by Gasteiger charge is -2.31. The Bertz CT molecular complexity index is 310. The quantitative estimate of drug-likeness (QED) is 0.645. The van der Waals surface area contributed by atoms with Gasteiger partial charge in [-0.15, -0.1) is 0 Å². The van der Waals surface area contributed by atoms with E-state index in [1.54, 1.807) is 7.11 Å². The van der Waals surface area contributed by atoms with Crippen LogP contribution in [0.2, 0.25) is 0 Å². The lowest BCUT2D eigenvalue weighted by molar-refractivity contribution is 0.000550. The molecule has 0 saturated heterocycles. The van der Waals surface area contributed by atoms with Crippen molar-refractivity contribution in [2.24, 2.45) is 16.1 Å². The van der Waals surface area contributed by atoms with Gasteiger partial charge in [0.25, 0.3) is 0 Å². The van der Waals surface area contributed by atoms with E-state index in [0.29, 0.717) is 5.92 Å². The van der Waals surface area contributed by atoms with Crippen LogP contribution >= 0.6 is 0 Å². The molecular weight excluding hydrogens is 252 g/mol. The molecule has 1 atom stereocenters. The first-order valence-corrected chi connectivity index (χ1v) is 7.53. The molecule has 1 unspecified atom stereocenters. The third-order valence-corrected chi connectivity index (χ3v) is 3.56. The highest BCUT2D eigenvalue weighted by Crippen LogP contribution is 2.28. The predicted octanol–water partition coefficient (Wildman–Crippen LogP) is 4.22. The molecule has 0 aromatic carbocycles. The minimum atomic E-state index is -0.237. The van der Waals surface area contributed by atoms with Gasteiger partial charge in [0.1, 0.15) is 0 Å². The fourth-order valence-corrected chi connectivity index (χ4v) is 2.16. The van der Waals surface area contributed by atoms with E-state index in [-0.39, 0.29) is 23.3 Å². The summed E-state index contributed by atoms with van der Waals surface area (Å²) in [6, 6.07) is 0. The molecule has 120 valence electrons. The fourth-order valence-electron chi connectivity index (χ4n) is 2.16. The number of aliphatic hydroxyl groups excluding tert-OH is 1. The van der Waals surface area contributed by atoms with E-state index in [9.17, 15) is 0 Å². The number of hydrogen-bond donors (Lipinski definition) is 1. The van der Waals surface area contributed by atoms with Crippen molar-refractivity contribution in [2.75, 3.05) is 13.7 Å². The van der Waals surface area contributed by atoms with Crippen molar-refractivity contribution in [3.63, 3.8) is 0 Å². The number of hydrogen-bond acceptors (Lipinski definition) is 4. The van der Waals surface area contributed by atoms with Crippen LogP contribution in [0, 0.1) is 5.92 Å². The van der Waals surface area contributed by atoms with Gasteiger partial charge in [-0.2, -0.15) is 10.2 Å². The molecule has 0 aliphatic carbocycles. The van der Waals surface area contributed by atoms with Gasteiger partial charge in [0.15, 0.2) is 0 Å². The normalized spacial score (nSPS) is 15.8. The summed E-state index contributed by atoms with van der Waals surface area (Å²) in [5, 5.41) is 18.2. The molecule has 4 heteroatoms. The van der Waals surface area contributed by atoms with Crippen molar-refractivity contribution >= 4 is 0 Å². The summed E-state index contributed by atoms with van der Waals surface area (Å²) in [7, 11) is 1.73. The third kappa shape index (κ3) is 8.64. The number of methoxy groups -OCH3 is 1. The fraction of sp³-hybridized carbons (Fsp3) is 1.00. The zero-order chi connectivity index (χ0) is 16.0. The Morgan fingerprint density at radius 3 is 1.95 bits per heavy atom. The smallest absolute Gasteiger partial charge is 0.0787 e. The molecule has 0 aliphatic heterocycles. The van der Waals surface area contributed by atoms with Crippen molar-refractivity contribution in [2.45, 2.75) is 84.4 Å². The Kier molecular flexibility index (Phi) is 7.33. The minimum absolute atomic E-state index is 0.183. The Morgan fingerprint density at radius 1 is 1.00 bits per heavy atom. The summed E-state index contributed by atoms with van der Waals surface area (Å²) in [6.07, 6.45) is 2.72. The second-order valence-electron chi connectivity index (χ2n) is 7.79. The van der Waals surface area contributed by atoms with Gasteiger partial charge in [0.2, 0.25) is 0 Å². The topological polar surface area (TPSA) is 54.2 Å². The SMILES string of the molecule is COC(C)(C)CC(C)(C)N=NC(C)(C)CCC(C)CO. The molecule has 0 rings (SSSR count). The number of aliphatic hydroxyl groups is 1. The van der Waals surface area contributed by atoms with Gasteiger partial charge in [0.05, 0.1) is 16.7 Å². The van der Waals surface area contributed by atoms with E-state index in [1.807, 2.05) is 0 Å². The standard InChI is InChI=1S/C16H34N2O2/c1-13(11-19)9-10-14(2,3)17-18-15(4,5)12-16(6,7)20-8/h13,19H,9-12H2,1-8H3. The molecule has 0 bridgehead atoms. The van der Waals surface area contributed by atoms with Crippen LogP contribution in [-0.4, -0.2) is 35.5 Å². The molecule has 0 fully saturated rings. The molecule has 0 heterocycles. The molecule has 20 heavy (non-hydrogen) atoms. The third-order valence-electron chi connectivity index (χ3n) is 3.56. The van der Waals surface area contributed by atoms with Crippen LogP contribution in [0.5, 0.6) is 0 Å². The zero-order valence-electron chi connectivity index (χ0n) is 14.7. The van der Waals surface area contributed by atoms with Gasteiger partial charge in [0, 0.05) is 20.1 Å². The van der Waals surface area contributed by atoms with Gasteiger partial charge in [-0.1, -0.05) is 6.92 Å². The second-order valence-corrected chi connectivity index (χ2v) is 7.79. The Labute approximate surface area is 125 Å². The maximum atomic E-state index is 9.08. The number of nitrogens with zero attached hydrogens (tertiary/aromatic N) is 2. The molecule has 0 amide bonds. The Morgan fingerprint density at radius 2 is 1.50 bits per heavy atom.